The van der Waals surface area contributed by atoms with Gasteiger partial charge in [0, 0.05) is 25.3 Å². The van der Waals surface area contributed by atoms with Gasteiger partial charge >= 0.3 is 12.1 Å². The third-order valence-corrected chi connectivity index (χ3v) is 3.59. The number of nitrogens with one attached hydrogen (secondary N) is 1. The predicted molar refractivity (Wildman–Crippen MR) is 69.9 cm³/mol. The number of carbonyl (C=O) groups is 1. The maximum Gasteiger partial charge on any atom is 0.435 e. The Labute approximate surface area is 123 Å². The van der Waals surface area contributed by atoms with Gasteiger partial charge in [-0.3, -0.25) is 10.00 Å². The molecule has 2 aromatic rings. The molecule has 0 amide bonds. The molecule has 0 aliphatic carbocycles. The van der Waals surface area contributed by atoms with Crippen LogP contribution in [0.5, 0.6) is 0 Å². The van der Waals surface area contributed by atoms with Gasteiger partial charge in [0.15, 0.2) is 5.69 Å². The van der Waals surface area contributed by atoms with E-state index in [4.69, 9.17) is 5.11 Å². The molecule has 1 aromatic carbocycles. The molecule has 0 unspecified atom stereocenters. The first-order chi connectivity index (χ1) is 10.3. The van der Waals surface area contributed by atoms with Crippen molar-refractivity contribution in [1.29, 1.82) is 0 Å². The van der Waals surface area contributed by atoms with Crippen LogP contribution in [0.4, 0.5) is 13.2 Å². The van der Waals surface area contributed by atoms with Crippen LogP contribution in [0.3, 0.4) is 0 Å². The van der Waals surface area contributed by atoms with Crippen molar-refractivity contribution in [1.82, 2.24) is 15.1 Å². The summed E-state index contributed by atoms with van der Waals surface area (Å²) in [7, 11) is 0. The number of halogens is 3. The Morgan fingerprint density at radius 1 is 1.36 bits per heavy atom. The van der Waals surface area contributed by atoms with Gasteiger partial charge in [-0.1, -0.05) is 12.1 Å². The molecule has 0 bridgehead atoms. The Morgan fingerprint density at radius 2 is 2.14 bits per heavy atom. The Bertz CT molecular complexity index is 724. The lowest BCUT2D eigenvalue weighted by molar-refractivity contribution is -0.141. The number of alkyl halides is 3. The summed E-state index contributed by atoms with van der Waals surface area (Å²) in [4.78, 5) is 13.0. The van der Waals surface area contributed by atoms with Crippen LogP contribution in [-0.2, 0) is 25.8 Å². The summed E-state index contributed by atoms with van der Waals surface area (Å²) in [5.74, 6) is -1.00. The second-order valence-corrected chi connectivity index (χ2v) is 5.17. The van der Waals surface area contributed by atoms with Gasteiger partial charge in [-0.2, -0.15) is 18.3 Å². The van der Waals surface area contributed by atoms with E-state index in [9.17, 15) is 18.0 Å². The topological polar surface area (TPSA) is 69.2 Å². The number of rotatable bonds is 3. The molecule has 1 aliphatic heterocycles. The van der Waals surface area contributed by atoms with Crippen molar-refractivity contribution in [3.63, 3.8) is 0 Å². The number of aromatic carboxylic acids is 1. The lowest BCUT2D eigenvalue weighted by atomic mass is 10.0. The van der Waals surface area contributed by atoms with E-state index in [-0.39, 0.29) is 12.1 Å². The molecule has 22 heavy (non-hydrogen) atoms. The lowest BCUT2D eigenvalue weighted by Gasteiger charge is -2.12. The van der Waals surface area contributed by atoms with E-state index >= 15 is 0 Å². The first kappa shape index (κ1) is 14.6. The van der Waals surface area contributed by atoms with Crippen LogP contribution < -0.4 is 0 Å². The van der Waals surface area contributed by atoms with E-state index in [2.05, 4.69) is 10.2 Å². The highest BCUT2D eigenvalue weighted by molar-refractivity contribution is 5.90. The molecule has 1 aliphatic rings. The number of H-pyrrole nitrogens is 1. The van der Waals surface area contributed by atoms with Crippen LogP contribution >= 0.6 is 0 Å². The number of aromatic nitrogens is 2. The summed E-state index contributed by atoms with van der Waals surface area (Å²) in [5, 5.41) is 14.8. The molecule has 116 valence electrons. The molecule has 2 heterocycles. The van der Waals surface area contributed by atoms with Gasteiger partial charge in [0.2, 0.25) is 0 Å². The van der Waals surface area contributed by atoms with Crippen LogP contribution in [0.15, 0.2) is 24.3 Å². The zero-order valence-electron chi connectivity index (χ0n) is 11.3. The van der Waals surface area contributed by atoms with E-state index in [1.807, 2.05) is 11.0 Å². The second-order valence-electron chi connectivity index (χ2n) is 5.17. The van der Waals surface area contributed by atoms with Crippen molar-refractivity contribution < 1.29 is 23.1 Å². The molecular formula is C14H12F3N3O2. The number of hydrogen-bond donors (Lipinski definition) is 2. The van der Waals surface area contributed by atoms with Gasteiger partial charge in [-0.15, -0.1) is 0 Å². The van der Waals surface area contributed by atoms with E-state index in [1.165, 1.54) is 6.07 Å². The summed E-state index contributed by atoms with van der Waals surface area (Å²) in [6.07, 6.45) is -4.47. The first-order valence-electron chi connectivity index (χ1n) is 6.52. The van der Waals surface area contributed by atoms with Gasteiger partial charge in [-0.05, 0) is 23.3 Å². The molecule has 0 saturated carbocycles. The van der Waals surface area contributed by atoms with Gasteiger partial charge in [0.05, 0.1) is 5.56 Å². The highest BCUT2D eigenvalue weighted by Gasteiger charge is 2.34. The van der Waals surface area contributed by atoms with Crippen LogP contribution in [0.2, 0.25) is 0 Å². The third kappa shape index (κ3) is 2.69. The highest BCUT2D eigenvalue weighted by Crippen LogP contribution is 2.30. The fourth-order valence-electron chi connectivity index (χ4n) is 2.63. The quantitative estimate of drug-likeness (QED) is 0.914. The Hall–Kier alpha value is -2.35. The fourth-order valence-corrected chi connectivity index (χ4v) is 2.63. The highest BCUT2D eigenvalue weighted by atomic mass is 19.4. The number of hydrogen-bond acceptors (Lipinski definition) is 3. The van der Waals surface area contributed by atoms with Crippen molar-refractivity contribution in [2.75, 3.05) is 0 Å². The van der Waals surface area contributed by atoms with Crippen LogP contribution in [0.1, 0.15) is 32.9 Å². The van der Waals surface area contributed by atoms with Crippen LogP contribution in [0, 0.1) is 0 Å². The van der Waals surface area contributed by atoms with Gasteiger partial charge < -0.3 is 5.11 Å². The molecule has 8 heteroatoms. The van der Waals surface area contributed by atoms with Crippen molar-refractivity contribution in [2.24, 2.45) is 0 Å². The van der Waals surface area contributed by atoms with Crippen molar-refractivity contribution in [3.8, 4) is 0 Å². The summed E-state index contributed by atoms with van der Waals surface area (Å²) >= 11 is 0. The SMILES string of the molecule is O=C(O)c1cccc2c1CN(Cc1cc(C(F)(F)F)n[nH]1)C2. The Morgan fingerprint density at radius 3 is 2.77 bits per heavy atom. The van der Waals surface area contributed by atoms with Gasteiger partial charge in [-0.25, -0.2) is 4.79 Å². The van der Waals surface area contributed by atoms with Crippen LogP contribution in [0.25, 0.3) is 0 Å². The Balaban J connectivity index is 1.76. The maximum absolute atomic E-state index is 12.5. The monoisotopic (exact) mass is 311 g/mol. The first-order valence-corrected chi connectivity index (χ1v) is 6.52. The Kier molecular flexibility index (Phi) is 3.40. The zero-order chi connectivity index (χ0) is 15.9. The minimum Gasteiger partial charge on any atom is -0.478 e. The van der Waals surface area contributed by atoms with Crippen LogP contribution in [-0.4, -0.2) is 26.2 Å². The molecule has 1 aromatic heterocycles. The molecule has 0 saturated heterocycles. The lowest BCUT2D eigenvalue weighted by Crippen LogP contribution is -2.16. The molecule has 0 spiro atoms. The van der Waals surface area contributed by atoms with Gasteiger partial charge in [0.25, 0.3) is 0 Å². The summed E-state index contributed by atoms with van der Waals surface area (Å²) in [6, 6.07) is 6.00. The van der Waals surface area contributed by atoms with Crippen molar-refractivity contribution in [3.05, 3.63) is 52.3 Å². The molecular weight excluding hydrogens is 299 g/mol. The minimum absolute atomic E-state index is 0.237. The zero-order valence-corrected chi connectivity index (χ0v) is 11.3. The van der Waals surface area contributed by atoms with E-state index in [0.29, 0.717) is 24.3 Å². The number of aromatic amines is 1. The van der Waals surface area contributed by atoms with E-state index < -0.39 is 17.8 Å². The average Bonchev–Trinajstić information content (AvgIpc) is 3.03. The standard InChI is InChI=1S/C14H12F3N3O2/c15-14(16,17)12-4-9(18-19-12)6-20-5-8-2-1-3-10(13(21)22)11(8)7-20/h1-4H,5-7H2,(H,18,19)(H,21,22). The number of benzene rings is 1. The van der Waals surface area contributed by atoms with E-state index in [1.54, 1.807) is 6.07 Å². The second kappa shape index (κ2) is 5.13. The van der Waals surface area contributed by atoms with Crippen molar-refractivity contribution >= 4 is 5.97 Å². The summed E-state index contributed by atoms with van der Waals surface area (Å²) in [5.41, 5.74) is 1.23. The summed E-state index contributed by atoms with van der Waals surface area (Å²) in [6.45, 7) is 1.13. The minimum atomic E-state index is -4.47. The number of carboxylic acid groups (broad SMARTS) is 1. The smallest absolute Gasteiger partial charge is 0.435 e. The molecule has 2 N–H and O–H groups in total. The van der Waals surface area contributed by atoms with Crippen molar-refractivity contribution in [2.45, 2.75) is 25.8 Å². The molecule has 3 rings (SSSR count). The largest absolute Gasteiger partial charge is 0.478 e. The molecule has 0 atom stereocenters. The third-order valence-electron chi connectivity index (χ3n) is 3.59. The summed E-state index contributed by atoms with van der Waals surface area (Å²) < 4.78 is 37.5. The number of carboxylic acids is 1. The van der Waals surface area contributed by atoms with Gasteiger partial charge in [0.1, 0.15) is 0 Å². The fraction of sp³-hybridized carbons (Fsp3) is 0.286. The normalized spacial score (nSPS) is 15.0. The molecule has 0 fully saturated rings. The molecule has 0 radical (unpaired) electrons. The van der Waals surface area contributed by atoms with E-state index in [0.717, 1.165) is 11.6 Å². The number of fused-ring (bicyclic) bond motifs is 1. The average molecular weight is 311 g/mol. The molecule has 5 nitrogen and oxygen atoms in total. The maximum atomic E-state index is 12.5. The predicted octanol–water partition coefficient (Wildman–Crippen LogP) is 2.64. The number of nitrogens with zero attached hydrogens (tertiary/aromatic N) is 2.